The molecule has 4 aliphatic rings. The van der Waals surface area contributed by atoms with Gasteiger partial charge >= 0.3 is 6.03 Å². The van der Waals surface area contributed by atoms with Gasteiger partial charge < -0.3 is 10.6 Å². The number of hydrogen-bond donors (Lipinski definition) is 2. The van der Waals surface area contributed by atoms with Crippen molar-refractivity contribution in [3.05, 3.63) is 46.2 Å². The highest BCUT2D eigenvalue weighted by atomic mass is 35.5. The molecule has 1 aromatic carbocycles. The van der Waals surface area contributed by atoms with Crippen LogP contribution in [0.5, 0.6) is 0 Å². The number of aromatic nitrogens is 2. The van der Waals surface area contributed by atoms with Crippen LogP contribution in [0.1, 0.15) is 44.1 Å². The Kier molecular flexibility index (Phi) is 4.55. The number of halogens is 2. The number of carbonyl (C=O) groups is 1. The highest BCUT2D eigenvalue weighted by Gasteiger charge is 2.51. The van der Waals surface area contributed by atoms with Crippen LogP contribution < -0.4 is 10.6 Å². The van der Waals surface area contributed by atoms with Crippen molar-refractivity contribution in [2.75, 3.05) is 5.32 Å². The lowest BCUT2D eigenvalue weighted by atomic mass is 9.53. The zero-order valence-corrected chi connectivity index (χ0v) is 17.1. The summed E-state index contributed by atoms with van der Waals surface area (Å²) in [6.07, 6.45) is 11.0. The van der Waals surface area contributed by atoms with Gasteiger partial charge in [0.1, 0.15) is 0 Å². The van der Waals surface area contributed by atoms with Crippen molar-refractivity contribution in [2.45, 2.75) is 50.6 Å². The number of rotatable bonds is 4. The number of nitrogens with zero attached hydrogens (tertiary/aromatic N) is 2. The van der Waals surface area contributed by atoms with Crippen LogP contribution in [0.25, 0.3) is 0 Å². The Balaban J connectivity index is 1.23. The second-order valence-electron chi connectivity index (χ2n) is 8.90. The van der Waals surface area contributed by atoms with Crippen LogP contribution >= 0.6 is 23.2 Å². The van der Waals surface area contributed by atoms with E-state index < -0.39 is 0 Å². The van der Waals surface area contributed by atoms with Gasteiger partial charge in [-0.3, -0.25) is 4.68 Å². The van der Waals surface area contributed by atoms with Crippen LogP contribution in [0.3, 0.4) is 0 Å². The van der Waals surface area contributed by atoms with Gasteiger partial charge in [0, 0.05) is 27.3 Å². The summed E-state index contributed by atoms with van der Waals surface area (Å²) in [6, 6.07) is 5.31. The Bertz CT molecular complexity index is 854. The van der Waals surface area contributed by atoms with Gasteiger partial charge in [0.05, 0.1) is 18.4 Å². The monoisotopic (exact) mass is 418 g/mol. The smallest absolute Gasteiger partial charge is 0.319 e. The molecule has 7 heteroatoms. The molecular weight excluding hydrogens is 395 g/mol. The highest BCUT2D eigenvalue weighted by Crippen LogP contribution is 2.55. The van der Waals surface area contributed by atoms with Gasteiger partial charge in [-0.1, -0.05) is 29.3 Å². The third-order valence-electron chi connectivity index (χ3n) is 6.69. The van der Waals surface area contributed by atoms with Gasteiger partial charge in [-0.05, 0) is 68.4 Å². The van der Waals surface area contributed by atoms with E-state index in [2.05, 4.69) is 15.7 Å². The van der Waals surface area contributed by atoms with Crippen molar-refractivity contribution in [1.29, 1.82) is 0 Å². The largest absolute Gasteiger partial charge is 0.332 e. The van der Waals surface area contributed by atoms with E-state index in [0.717, 1.165) is 42.6 Å². The Labute approximate surface area is 174 Å². The number of hydrogen-bond acceptors (Lipinski definition) is 2. The van der Waals surface area contributed by atoms with Crippen LogP contribution in [0.15, 0.2) is 30.6 Å². The maximum absolute atomic E-state index is 12.7. The van der Waals surface area contributed by atoms with Gasteiger partial charge in [0.15, 0.2) is 0 Å². The van der Waals surface area contributed by atoms with Gasteiger partial charge in [-0.25, -0.2) is 4.79 Å². The molecule has 4 fully saturated rings. The fraction of sp³-hybridized carbons (Fsp3) is 0.524. The number of amides is 2. The molecule has 0 radical (unpaired) electrons. The van der Waals surface area contributed by atoms with Gasteiger partial charge in [-0.15, -0.1) is 0 Å². The second kappa shape index (κ2) is 6.96. The molecule has 28 heavy (non-hydrogen) atoms. The molecule has 1 aromatic heterocycles. The molecule has 4 saturated carbocycles. The molecule has 1 heterocycles. The molecule has 4 bridgehead atoms. The summed E-state index contributed by atoms with van der Waals surface area (Å²) in [5.74, 6) is 2.40. The van der Waals surface area contributed by atoms with E-state index in [9.17, 15) is 4.79 Å². The summed E-state index contributed by atoms with van der Waals surface area (Å²) in [6.45, 7) is 0.455. The van der Waals surface area contributed by atoms with Crippen molar-refractivity contribution < 1.29 is 4.79 Å². The zero-order chi connectivity index (χ0) is 19.3. The van der Waals surface area contributed by atoms with E-state index in [1.807, 2.05) is 18.2 Å². The van der Waals surface area contributed by atoms with Crippen LogP contribution in [-0.4, -0.2) is 21.4 Å². The summed E-state index contributed by atoms with van der Waals surface area (Å²) in [5.41, 5.74) is 1.49. The van der Waals surface area contributed by atoms with Crippen LogP contribution in [0.2, 0.25) is 10.0 Å². The third kappa shape index (κ3) is 3.50. The molecule has 5 nitrogen and oxygen atoms in total. The lowest BCUT2D eigenvalue weighted by Crippen LogP contribution is -2.60. The quantitative estimate of drug-likeness (QED) is 0.704. The zero-order valence-electron chi connectivity index (χ0n) is 15.6. The SMILES string of the molecule is O=C(Nc1cnn(Cc2c(Cl)cccc2Cl)c1)NC12CC3CC(CC(C3)C1)C2. The Hall–Kier alpha value is -1.72. The molecule has 6 rings (SSSR count). The molecule has 148 valence electrons. The minimum absolute atomic E-state index is 0.0000826. The normalized spacial score (nSPS) is 30.4. The fourth-order valence-electron chi connectivity index (χ4n) is 6.03. The van der Waals surface area contributed by atoms with E-state index in [-0.39, 0.29) is 11.6 Å². The predicted molar refractivity (Wildman–Crippen MR) is 111 cm³/mol. The number of nitrogens with one attached hydrogen (secondary N) is 2. The van der Waals surface area contributed by atoms with Crippen molar-refractivity contribution in [3.63, 3.8) is 0 Å². The number of benzene rings is 1. The number of carbonyl (C=O) groups excluding carboxylic acids is 1. The number of urea groups is 1. The van der Waals surface area contributed by atoms with Crippen molar-refractivity contribution in [2.24, 2.45) is 17.8 Å². The van der Waals surface area contributed by atoms with Crippen molar-refractivity contribution in [1.82, 2.24) is 15.1 Å². The molecule has 0 aliphatic heterocycles. The molecule has 0 unspecified atom stereocenters. The number of anilines is 1. The van der Waals surface area contributed by atoms with E-state index in [1.165, 1.54) is 19.3 Å². The van der Waals surface area contributed by atoms with E-state index in [4.69, 9.17) is 23.2 Å². The fourth-order valence-corrected chi connectivity index (χ4v) is 6.54. The van der Waals surface area contributed by atoms with Crippen molar-refractivity contribution in [3.8, 4) is 0 Å². The van der Waals surface area contributed by atoms with Gasteiger partial charge in [-0.2, -0.15) is 5.10 Å². The molecule has 2 amide bonds. The van der Waals surface area contributed by atoms with Crippen molar-refractivity contribution >= 4 is 34.9 Å². The molecule has 2 N–H and O–H groups in total. The lowest BCUT2D eigenvalue weighted by Gasteiger charge is -2.56. The van der Waals surface area contributed by atoms with E-state index in [0.29, 0.717) is 22.3 Å². The Morgan fingerprint density at radius 1 is 1.11 bits per heavy atom. The van der Waals surface area contributed by atoms with Gasteiger partial charge in [0.2, 0.25) is 0 Å². The second-order valence-corrected chi connectivity index (χ2v) is 9.72. The van der Waals surface area contributed by atoms with Crippen LogP contribution in [0, 0.1) is 17.8 Å². The minimum atomic E-state index is -0.128. The average molecular weight is 419 g/mol. The molecule has 2 aromatic rings. The molecular formula is C21H24Cl2N4O. The molecule has 0 saturated heterocycles. The summed E-state index contributed by atoms with van der Waals surface area (Å²) in [4.78, 5) is 12.7. The molecule has 4 aliphatic carbocycles. The first-order valence-corrected chi connectivity index (χ1v) is 10.8. The summed E-state index contributed by atoms with van der Waals surface area (Å²) < 4.78 is 1.73. The molecule has 0 atom stereocenters. The lowest BCUT2D eigenvalue weighted by molar-refractivity contribution is -0.0127. The third-order valence-corrected chi connectivity index (χ3v) is 7.40. The summed E-state index contributed by atoms with van der Waals surface area (Å²) in [7, 11) is 0. The summed E-state index contributed by atoms with van der Waals surface area (Å²) >= 11 is 12.5. The Morgan fingerprint density at radius 2 is 1.71 bits per heavy atom. The minimum Gasteiger partial charge on any atom is -0.332 e. The average Bonchev–Trinajstić information content (AvgIpc) is 3.03. The topological polar surface area (TPSA) is 59.0 Å². The van der Waals surface area contributed by atoms with Crippen LogP contribution in [-0.2, 0) is 6.54 Å². The summed E-state index contributed by atoms with van der Waals surface area (Å²) in [5, 5.41) is 11.8. The van der Waals surface area contributed by atoms with Gasteiger partial charge in [0.25, 0.3) is 0 Å². The van der Waals surface area contributed by atoms with Crippen LogP contribution in [0.4, 0.5) is 10.5 Å². The van der Waals surface area contributed by atoms with E-state index in [1.54, 1.807) is 17.1 Å². The standard InChI is InChI=1S/C21H24Cl2N4O/c22-18-2-1-3-19(23)17(18)12-27-11-16(10-24-27)25-20(28)26-21-7-13-4-14(8-21)6-15(5-13)9-21/h1-3,10-11,13-15H,4-9,12H2,(H2,25,26,28). The first-order chi connectivity index (χ1) is 13.5. The maximum atomic E-state index is 12.7. The predicted octanol–water partition coefficient (Wildman–Crippen LogP) is 5.33. The highest BCUT2D eigenvalue weighted by molar-refractivity contribution is 6.35. The maximum Gasteiger partial charge on any atom is 0.319 e. The Morgan fingerprint density at radius 3 is 2.32 bits per heavy atom. The van der Waals surface area contributed by atoms with E-state index >= 15 is 0 Å². The first kappa shape index (κ1) is 18.3. The molecule has 0 spiro atoms. The first-order valence-electron chi connectivity index (χ1n) is 10.0.